The van der Waals surface area contributed by atoms with E-state index in [0.717, 1.165) is 12.8 Å². The number of nitrogens with one attached hydrogen (secondary N) is 1. The summed E-state index contributed by atoms with van der Waals surface area (Å²) in [6.07, 6.45) is 1.41. The van der Waals surface area contributed by atoms with Crippen molar-refractivity contribution >= 4 is 21.8 Å². The first-order valence-corrected chi connectivity index (χ1v) is 8.13. The van der Waals surface area contributed by atoms with Gasteiger partial charge in [-0.05, 0) is 37.8 Å². The molecule has 0 saturated heterocycles. The second-order valence-electron chi connectivity index (χ2n) is 5.25. The molecule has 0 aliphatic heterocycles. The summed E-state index contributed by atoms with van der Waals surface area (Å²) in [4.78, 5) is 22.1. The van der Waals surface area contributed by atoms with E-state index in [1.807, 2.05) is 0 Å². The summed E-state index contributed by atoms with van der Waals surface area (Å²) in [5.41, 5.74) is 0.305. The highest BCUT2D eigenvalue weighted by Gasteiger charge is 2.35. The molecule has 0 spiro atoms. The summed E-state index contributed by atoms with van der Waals surface area (Å²) < 4.78 is 27.1. The molecule has 0 aromatic heterocycles. The molecule has 6 nitrogen and oxygen atoms in total. The first-order valence-electron chi connectivity index (χ1n) is 6.65. The van der Waals surface area contributed by atoms with Gasteiger partial charge in [-0.1, -0.05) is 12.1 Å². The van der Waals surface area contributed by atoms with Crippen LogP contribution in [0.5, 0.6) is 0 Å². The van der Waals surface area contributed by atoms with Crippen LogP contribution in [-0.4, -0.2) is 31.3 Å². The number of carboxylic acid groups (broad SMARTS) is 1. The molecular weight excluding hydrogens is 294 g/mol. The van der Waals surface area contributed by atoms with Crippen LogP contribution in [0.2, 0.25) is 0 Å². The number of ketones is 1. The minimum absolute atomic E-state index is 0.0220. The molecule has 1 aliphatic carbocycles. The van der Waals surface area contributed by atoms with Crippen LogP contribution in [0.15, 0.2) is 29.2 Å². The molecule has 2 rings (SSSR count). The molecule has 1 aliphatic rings. The highest BCUT2D eigenvalue weighted by atomic mass is 32.2. The van der Waals surface area contributed by atoms with Crippen LogP contribution < -0.4 is 4.72 Å². The lowest BCUT2D eigenvalue weighted by molar-refractivity contribution is -0.137. The number of carbonyl (C=O) groups is 2. The van der Waals surface area contributed by atoms with Crippen LogP contribution >= 0.6 is 0 Å². The Labute approximate surface area is 123 Å². The van der Waals surface area contributed by atoms with Gasteiger partial charge in [0.05, 0.1) is 11.3 Å². The average molecular weight is 311 g/mol. The van der Waals surface area contributed by atoms with Crippen molar-refractivity contribution in [2.24, 2.45) is 5.92 Å². The van der Waals surface area contributed by atoms with Gasteiger partial charge in [0.2, 0.25) is 10.0 Å². The van der Waals surface area contributed by atoms with Gasteiger partial charge >= 0.3 is 5.97 Å². The van der Waals surface area contributed by atoms with Gasteiger partial charge in [-0.25, -0.2) is 13.1 Å². The summed E-state index contributed by atoms with van der Waals surface area (Å²) in [6, 6.07) is 5.12. The number of aliphatic carboxylic acids is 1. The van der Waals surface area contributed by atoms with Gasteiger partial charge in [0.25, 0.3) is 0 Å². The molecule has 1 unspecified atom stereocenters. The van der Waals surface area contributed by atoms with Crippen LogP contribution in [0.3, 0.4) is 0 Å². The third-order valence-electron chi connectivity index (χ3n) is 3.44. The monoisotopic (exact) mass is 311 g/mol. The molecular formula is C14H17NO5S. The summed E-state index contributed by atoms with van der Waals surface area (Å²) in [7, 11) is -3.83. The lowest BCUT2D eigenvalue weighted by atomic mass is 10.1. The number of rotatable bonds is 7. The van der Waals surface area contributed by atoms with Gasteiger partial charge < -0.3 is 5.11 Å². The molecule has 0 bridgehead atoms. The molecule has 1 fully saturated rings. The van der Waals surface area contributed by atoms with Crippen molar-refractivity contribution in [2.75, 3.05) is 0 Å². The van der Waals surface area contributed by atoms with Crippen molar-refractivity contribution in [3.05, 3.63) is 29.8 Å². The van der Waals surface area contributed by atoms with Crippen molar-refractivity contribution in [1.29, 1.82) is 0 Å². The Hall–Kier alpha value is -1.73. The maximum Gasteiger partial charge on any atom is 0.304 e. The molecule has 1 aromatic rings. The second kappa shape index (κ2) is 5.95. The smallest absolute Gasteiger partial charge is 0.304 e. The van der Waals surface area contributed by atoms with Gasteiger partial charge in [0.1, 0.15) is 0 Å². The van der Waals surface area contributed by atoms with E-state index in [9.17, 15) is 18.0 Å². The minimum atomic E-state index is -3.83. The fraction of sp³-hybridized carbons (Fsp3) is 0.429. The number of Topliss-reactive ketones (excluding diaryl/α,β-unsaturated/α-hetero) is 1. The molecule has 2 N–H and O–H groups in total. The van der Waals surface area contributed by atoms with Crippen molar-refractivity contribution in [2.45, 2.75) is 37.1 Å². The maximum absolute atomic E-state index is 12.3. The predicted octanol–water partition coefficient (Wildman–Crippen LogP) is 1.42. The van der Waals surface area contributed by atoms with E-state index in [-0.39, 0.29) is 23.0 Å². The number of hydrogen-bond donors (Lipinski definition) is 2. The van der Waals surface area contributed by atoms with Gasteiger partial charge in [-0.2, -0.15) is 0 Å². The van der Waals surface area contributed by atoms with Crippen LogP contribution in [0.25, 0.3) is 0 Å². The highest BCUT2D eigenvalue weighted by Crippen LogP contribution is 2.34. The Morgan fingerprint density at radius 2 is 2.05 bits per heavy atom. The summed E-state index contributed by atoms with van der Waals surface area (Å²) in [5.74, 6) is -1.18. The zero-order valence-electron chi connectivity index (χ0n) is 11.6. The maximum atomic E-state index is 12.3. The quantitative estimate of drug-likeness (QED) is 0.742. The second-order valence-corrected chi connectivity index (χ2v) is 6.96. The van der Waals surface area contributed by atoms with Crippen molar-refractivity contribution in [1.82, 2.24) is 4.72 Å². The number of carbonyl (C=O) groups excluding carboxylic acids is 1. The minimum Gasteiger partial charge on any atom is -0.481 e. The standard InChI is InChI=1S/C14H17NO5S/c1-9(16)11-3-2-4-12(7-11)21(19,20)15-13(8-14(17)18)10-5-6-10/h2-4,7,10,13,15H,5-6,8H2,1H3,(H,17,18). The van der Waals surface area contributed by atoms with Crippen LogP contribution in [0.4, 0.5) is 0 Å². The van der Waals surface area contributed by atoms with E-state index in [0.29, 0.717) is 5.56 Å². The average Bonchev–Trinajstić information content (AvgIpc) is 3.21. The third kappa shape index (κ3) is 4.12. The van der Waals surface area contributed by atoms with E-state index in [1.54, 1.807) is 0 Å². The SMILES string of the molecule is CC(=O)c1cccc(S(=O)(=O)NC(CC(=O)O)C2CC2)c1. The number of carboxylic acids is 1. The van der Waals surface area contributed by atoms with Crippen LogP contribution in [-0.2, 0) is 14.8 Å². The number of sulfonamides is 1. The first-order chi connectivity index (χ1) is 9.79. The first kappa shape index (κ1) is 15.7. The molecule has 7 heteroatoms. The third-order valence-corrected chi connectivity index (χ3v) is 4.93. The van der Waals surface area contributed by atoms with Crippen molar-refractivity contribution in [3.8, 4) is 0 Å². The Morgan fingerprint density at radius 3 is 2.57 bits per heavy atom. The Kier molecular flexibility index (Phi) is 4.43. The molecule has 1 atom stereocenters. The van der Waals surface area contributed by atoms with Gasteiger partial charge in [0, 0.05) is 11.6 Å². The molecule has 0 amide bonds. The van der Waals surface area contributed by atoms with E-state index < -0.39 is 22.0 Å². The van der Waals surface area contributed by atoms with E-state index in [2.05, 4.69) is 4.72 Å². The van der Waals surface area contributed by atoms with E-state index >= 15 is 0 Å². The van der Waals surface area contributed by atoms with Gasteiger partial charge in [-0.3, -0.25) is 9.59 Å². The Bertz CT molecular complexity index is 664. The highest BCUT2D eigenvalue weighted by molar-refractivity contribution is 7.89. The predicted molar refractivity (Wildman–Crippen MR) is 75.5 cm³/mol. The normalized spacial score (nSPS) is 16.4. The van der Waals surface area contributed by atoms with Gasteiger partial charge in [0.15, 0.2) is 5.78 Å². The Balaban J connectivity index is 2.22. The van der Waals surface area contributed by atoms with E-state index in [4.69, 9.17) is 5.11 Å². The number of benzene rings is 1. The largest absolute Gasteiger partial charge is 0.481 e. The molecule has 0 radical (unpaired) electrons. The summed E-state index contributed by atoms with van der Waals surface area (Å²) >= 11 is 0. The molecule has 114 valence electrons. The molecule has 1 saturated carbocycles. The van der Waals surface area contributed by atoms with Crippen LogP contribution in [0, 0.1) is 5.92 Å². The summed E-state index contributed by atoms with van der Waals surface area (Å²) in [5, 5.41) is 8.87. The fourth-order valence-corrected chi connectivity index (χ4v) is 3.49. The Morgan fingerprint density at radius 1 is 1.38 bits per heavy atom. The molecule has 21 heavy (non-hydrogen) atoms. The van der Waals surface area contributed by atoms with Crippen LogP contribution in [0.1, 0.15) is 36.5 Å². The van der Waals surface area contributed by atoms with Crippen molar-refractivity contribution < 1.29 is 23.1 Å². The van der Waals surface area contributed by atoms with E-state index in [1.165, 1.54) is 31.2 Å². The number of hydrogen-bond acceptors (Lipinski definition) is 4. The van der Waals surface area contributed by atoms with Crippen molar-refractivity contribution in [3.63, 3.8) is 0 Å². The topological polar surface area (TPSA) is 101 Å². The lowest BCUT2D eigenvalue weighted by Gasteiger charge is -2.16. The zero-order chi connectivity index (χ0) is 15.6. The fourth-order valence-electron chi connectivity index (χ4n) is 2.14. The van der Waals surface area contributed by atoms with Gasteiger partial charge in [-0.15, -0.1) is 0 Å². The molecule has 0 heterocycles. The summed E-state index contributed by atoms with van der Waals surface area (Å²) in [6.45, 7) is 1.36. The zero-order valence-corrected chi connectivity index (χ0v) is 12.4. The molecule has 1 aromatic carbocycles. The lowest BCUT2D eigenvalue weighted by Crippen LogP contribution is -2.38.